The maximum atomic E-state index is 13.6. The summed E-state index contributed by atoms with van der Waals surface area (Å²) in [6.07, 6.45) is 0.0914. The Labute approximate surface area is 119 Å². The van der Waals surface area contributed by atoms with Crippen molar-refractivity contribution in [2.24, 2.45) is 0 Å². The third kappa shape index (κ3) is 3.26. The predicted octanol–water partition coefficient (Wildman–Crippen LogP) is 1.84. The van der Waals surface area contributed by atoms with Crippen LogP contribution in [0.4, 0.5) is 4.39 Å². The molecule has 1 atom stereocenters. The standard InChI is InChI=1S/C13H13ClFNO4/c14-8-1-2-10(15)9(5-8)12(19)16-13(6-11(17)18)3-4-20-7-13/h1-2,5H,3-4,6-7H2,(H,16,19)(H,17,18). The summed E-state index contributed by atoms with van der Waals surface area (Å²) in [5.41, 5.74) is -1.22. The lowest BCUT2D eigenvalue weighted by atomic mass is 9.93. The van der Waals surface area contributed by atoms with E-state index in [1.54, 1.807) is 0 Å². The summed E-state index contributed by atoms with van der Waals surface area (Å²) in [6.45, 7) is 0.443. The van der Waals surface area contributed by atoms with Crippen molar-refractivity contribution in [3.8, 4) is 0 Å². The minimum Gasteiger partial charge on any atom is -0.481 e. The number of nitrogens with one attached hydrogen (secondary N) is 1. The SMILES string of the molecule is O=C(O)CC1(NC(=O)c2cc(Cl)ccc2F)CCOC1. The van der Waals surface area contributed by atoms with E-state index in [0.29, 0.717) is 13.0 Å². The van der Waals surface area contributed by atoms with Crippen LogP contribution in [0.2, 0.25) is 5.02 Å². The molecular weight excluding hydrogens is 289 g/mol. The summed E-state index contributed by atoms with van der Waals surface area (Å²) in [5.74, 6) is -2.46. The van der Waals surface area contributed by atoms with Gasteiger partial charge in [0.2, 0.25) is 0 Å². The summed E-state index contributed by atoms with van der Waals surface area (Å²) < 4.78 is 18.8. The summed E-state index contributed by atoms with van der Waals surface area (Å²) in [7, 11) is 0. The highest BCUT2D eigenvalue weighted by Gasteiger charge is 2.39. The fraction of sp³-hybridized carbons (Fsp3) is 0.385. The number of amides is 1. The lowest BCUT2D eigenvalue weighted by Gasteiger charge is -2.27. The topological polar surface area (TPSA) is 75.6 Å². The molecule has 5 nitrogen and oxygen atoms in total. The van der Waals surface area contributed by atoms with Crippen molar-refractivity contribution < 1.29 is 23.8 Å². The second kappa shape index (κ2) is 5.76. The molecule has 1 aliphatic rings. The summed E-state index contributed by atoms with van der Waals surface area (Å²) in [5, 5.41) is 11.7. The minimum absolute atomic E-state index is 0.0905. The van der Waals surface area contributed by atoms with Crippen LogP contribution in [-0.4, -0.2) is 35.7 Å². The van der Waals surface area contributed by atoms with Gasteiger partial charge >= 0.3 is 5.97 Å². The number of carboxylic acids is 1. The molecule has 1 unspecified atom stereocenters. The van der Waals surface area contributed by atoms with E-state index in [-0.39, 0.29) is 23.6 Å². The molecule has 1 aromatic rings. The molecule has 1 amide bonds. The molecule has 7 heteroatoms. The lowest BCUT2D eigenvalue weighted by molar-refractivity contribution is -0.138. The van der Waals surface area contributed by atoms with Gasteiger partial charge in [-0.25, -0.2) is 4.39 Å². The van der Waals surface area contributed by atoms with Gasteiger partial charge in [0.15, 0.2) is 0 Å². The normalized spacial score (nSPS) is 21.7. The molecule has 20 heavy (non-hydrogen) atoms. The largest absolute Gasteiger partial charge is 0.481 e. The number of aliphatic carboxylic acids is 1. The molecule has 1 fully saturated rings. The smallest absolute Gasteiger partial charge is 0.305 e. The van der Waals surface area contributed by atoms with Gasteiger partial charge in [0.25, 0.3) is 5.91 Å². The molecule has 2 rings (SSSR count). The van der Waals surface area contributed by atoms with Gasteiger partial charge in [-0.1, -0.05) is 11.6 Å². The van der Waals surface area contributed by atoms with Gasteiger partial charge in [-0.05, 0) is 24.6 Å². The van der Waals surface area contributed by atoms with Crippen LogP contribution in [0.5, 0.6) is 0 Å². The average molecular weight is 302 g/mol. The Morgan fingerprint density at radius 2 is 2.25 bits per heavy atom. The molecule has 1 saturated heterocycles. The van der Waals surface area contributed by atoms with Crippen molar-refractivity contribution in [3.63, 3.8) is 0 Å². The third-order valence-electron chi connectivity index (χ3n) is 3.14. The summed E-state index contributed by atoms with van der Waals surface area (Å²) >= 11 is 5.73. The molecule has 0 bridgehead atoms. The summed E-state index contributed by atoms with van der Waals surface area (Å²) in [6, 6.07) is 3.63. The van der Waals surface area contributed by atoms with Gasteiger partial charge in [-0.3, -0.25) is 9.59 Å². The fourth-order valence-corrected chi connectivity index (χ4v) is 2.33. The van der Waals surface area contributed by atoms with Crippen LogP contribution in [0.3, 0.4) is 0 Å². The first-order valence-corrected chi connectivity index (χ1v) is 6.37. The molecule has 0 saturated carbocycles. The third-order valence-corrected chi connectivity index (χ3v) is 3.38. The van der Waals surface area contributed by atoms with Crippen LogP contribution in [0.1, 0.15) is 23.2 Å². The highest BCUT2D eigenvalue weighted by Crippen LogP contribution is 2.24. The van der Waals surface area contributed by atoms with Crippen molar-refractivity contribution in [1.82, 2.24) is 5.32 Å². The number of halogens is 2. The van der Waals surface area contributed by atoms with Crippen LogP contribution in [0.15, 0.2) is 18.2 Å². The Hall–Kier alpha value is -1.66. The van der Waals surface area contributed by atoms with Gasteiger partial charge in [-0.15, -0.1) is 0 Å². The first kappa shape index (κ1) is 14.7. The number of ether oxygens (including phenoxy) is 1. The van der Waals surface area contributed by atoms with Crippen molar-refractivity contribution in [2.45, 2.75) is 18.4 Å². The molecule has 0 aromatic heterocycles. The number of benzene rings is 1. The zero-order chi connectivity index (χ0) is 14.8. The second-order valence-electron chi connectivity index (χ2n) is 4.73. The Morgan fingerprint density at radius 1 is 1.50 bits per heavy atom. The number of rotatable bonds is 4. The van der Waals surface area contributed by atoms with Crippen LogP contribution < -0.4 is 5.32 Å². The minimum atomic E-state index is -1.05. The maximum Gasteiger partial charge on any atom is 0.305 e. The van der Waals surface area contributed by atoms with E-state index >= 15 is 0 Å². The first-order valence-electron chi connectivity index (χ1n) is 5.99. The number of carbonyl (C=O) groups is 2. The average Bonchev–Trinajstić information content (AvgIpc) is 2.79. The van der Waals surface area contributed by atoms with Gasteiger partial charge in [0, 0.05) is 11.6 Å². The second-order valence-corrected chi connectivity index (χ2v) is 5.17. The van der Waals surface area contributed by atoms with Crippen LogP contribution in [0.25, 0.3) is 0 Å². The monoisotopic (exact) mass is 301 g/mol. The molecule has 1 aliphatic heterocycles. The zero-order valence-electron chi connectivity index (χ0n) is 10.5. The predicted molar refractivity (Wildman–Crippen MR) is 69.3 cm³/mol. The quantitative estimate of drug-likeness (QED) is 0.890. The Morgan fingerprint density at radius 3 is 2.85 bits per heavy atom. The van der Waals surface area contributed by atoms with E-state index in [2.05, 4.69) is 5.32 Å². The van der Waals surface area contributed by atoms with Gasteiger partial charge in [0.1, 0.15) is 5.82 Å². The van der Waals surface area contributed by atoms with E-state index in [0.717, 1.165) is 6.07 Å². The first-order chi connectivity index (χ1) is 9.42. The Bertz CT molecular complexity index is 543. The molecular formula is C13H13ClFNO4. The number of hydrogen-bond donors (Lipinski definition) is 2. The summed E-state index contributed by atoms with van der Waals surface area (Å²) in [4.78, 5) is 23.0. The molecule has 0 aliphatic carbocycles. The van der Waals surface area contributed by atoms with Crippen molar-refractivity contribution >= 4 is 23.5 Å². The van der Waals surface area contributed by atoms with Crippen molar-refractivity contribution in [3.05, 3.63) is 34.6 Å². The molecule has 0 radical (unpaired) electrons. The van der Waals surface area contributed by atoms with E-state index < -0.39 is 23.2 Å². The van der Waals surface area contributed by atoms with E-state index in [4.69, 9.17) is 21.4 Å². The van der Waals surface area contributed by atoms with Crippen LogP contribution in [0, 0.1) is 5.82 Å². The maximum absolute atomic E-state index is 13.6. The van der Waals surface area contributed by atoms with Crippen molar-refractivity contribution in [1.29, 1.82) is 0 Å². The highest BCUT2D eigenvalue weighted by molar-refractivity contribution is 6.31. The zero-order valence-corrected chi connectivity index (χ0v) is 11.2. The molecule has 108 valence electrons. The molecule has 1 heterocycles. The number of carboxylic acid groups (broad SMARTS) is 1. The molecule has 0 spiro atoms. The number of carbonyl (C=O) groups excluding carboxylic acids is 1. The van der Waals surface area contributed by atoms with Crippen LogP contribution >= 0.6 is 11.6 Å². The van der Waals surface area contributed by atoms with Gasteiger partial charge < -0.3 is 15.2 Å². The molecule has 1 aromatic carbocycles. The molecule has 2 N–H and O–H groups in total. The highest BCUT2D eigenvalue weighted by atomic mass is 35.5. The fourth-order valence-electron chi connectivity index (χ4n) is 2.16. The Balaban J connectivity index is 2.20. The van der Waals surface area contributed by atoms with E-state index in [1.807, 2.05) is 0 Å². The Kier molecular flexibility index (Phi) is 4.25. The van der Waals surface area contributed by atoms with E-state index in [1.165, 1.54) is 12.1 Å². The van der Waals surface area contributed by atoms with Crippen LogP contribution in [-0.2, 0) is 9.53 Å². The van der Waals surface area contributed by atoms with Gasteiger partial charge in [-0.2, -0.15) is 0 Å². The number of hydrogen-bond acceptors (Lipinski definition) is 3. The van der Waals surface area contributed by atoms with E-state index in [9.17, 15) is 14.0 Å². The van der Waals surface area contributed by atoms with Gasteiger partial charge in [0.05, 0.1) is 24.1 Å². The van der Waals surface area contributed by atoms with Crippen molar-refractivity contribution in [2.75, 3.05) is 13.2 Å². The lowest BCUT2D eigenvalue weighted by Crippen LogP contribution is -2.50.